The van der Waals surface area contributed by atoms with Crippen molar-refractivity contribution in [3.63, 3.8) is 0 Å². The molecule has 2 heterocycles. The first kappa shape index (κ1) is 20.4. The molecule has 2 aliphatic rings. The normalized spacial score (nSPS) is 16.9. The molecule has 2 N–H and O–H groups in total. The second-order valence-corrected chi connectivity index (χ2v) is 8.02. The van der Waals surface area contributed by atoms with Gasteiger partial charge in [0.05, 0.1) is 11.4 Å². The Bertz CT molecular complexity index is 908. The van der Waals surface area contributed by atoms with E-state index in [-0.39, 0.29) is 6.04 Å². The molecule has 30 heavy (non-hydrogen) atoms. The number of carbonyl (C=O) groups is 2. The predicted octanol–water partition coefficient (Wildman–Crippen LogP) is 3.31. The van der Waals surface area contributed by atoms with Gasteiger partial charge in [0.15, 0.2) is 0 Å². The number of para-hydroxylation sites is 3. The number of hydrogen-bond acceptors (Lipinski definition) is 4. The number of rotatable bonds is 6. The zero-order valence-electron chi connectivity index (χ0n) is 17.6. The molecule has 6 nitrogen and oxygen atoms in total. The molecule has 0 saturated carbocycles. The van der Waals surface area contributed by atoms with Crippen LogP contribution in [0.3, 0.4) is 0 Å². The average molecular weight is 407 g/mol. The molecule has 0 aromatic heterocycles. The Hall–Kier alpha value is -2.86. The number of likely N-dealkylation sites (tertiary alicyclic amines) is 1. The Kier molecular flexibility index (Phi) is 6.33. The van der Waals surface area contributed by atoms with Crippen molar-refractivity contribution in [1.82, 2.24) is 10.2 Å². The SMILES string of the molecule is CC[C@@H](CNC(=O)C(=O)Nc1ccccc1N1CCc2ccccc21)N1CCCC1. The molecule has 6 heteroatoms. The number of anilines is 3. The van der Waals surface area contributed by atoms with Gasteiger partial charge in [0, 0.05) is 24.8 Å². The molecule has 2 aromatic carbocycles. The third kappa shape index (κ3) is 4.33. The number of amides is 2. The van der Waals surface area contributed by atoms with Crippen LogP contribution in [0, 0.1) is 0 Å². The van der Waals surface area contributed by atoms with Crippen LogP contribution in [0.2, 0.25) is 0 Å². The number of hydrogen-bond donors (Lipinski definition) is 2. The first-order valence-corrected chi connectivity index (χ1v) is 10.9. The van der Waals surface area contributed by atoms with Gasteiger partial charge < -0.3 is 15.5 Å². The maximum Gasteiger partial charge on any atom is 0.313 e. The van der Waals surface area contributed by atoms with E-state index in [1.165, 1.54) is 18.4 Å². The van der Waals surface area contributed by atoms with Crippen LogP contribution >= 0.6 is 0 Å². The lowest BCUT2D eigenvalue weighted by atomic mass is 10.1. The number of nitrogens with one attached hydrogen (secondary N) is 2. The highest BCUT2D eigenvalue weighted by atomic mass is 16.2. The Morgan fingerprint density at radius 1 is 0.933 bits per heavy atom. The Morgan fingerprint density at radius 3 is 2.40 bits per heavy atom. The van der Waals surface area contributed by atoms with Crippen molar-refractivity contribution in [3.8, 4) is 0 Å². The van der Waals surface area contributed by atoms with Crippen LogP contribution in [0.1, 0.15) is 31.7 Å². The molecule has 0 unspecified atom stereocenters. The quantitative estimate of drug-likeness (QED) is 0.723. The van der Waals surface area contributed by atoms with E-state index in [2.05, 4.69) is 39.5 Å². The minimum Gasteiger partial charge on any atom is -0.346 e. The minimum atomic E-state index is -0.619. The third-order valence-corrected chi connectivity index (χ3v) is 6.16. The summed E-state index contributed by atoms with van der Waals surface area (Å²) in [6.07, 6.45) is 4.34. The van der Waals surface area contributed by atoms with Gasteiger partial charge in [-0.2, -0.15) is 0 Å². The molecule has 158 valence electrons. The van der Waals surface area contributed by atoms with E-state index in [0.29, 0.717) is 12.2 Å². The van der Waals surface area contributed by atoms with E-state index in [9.17, 15) is 9.59 Å². The van der Waals surface area contributed by atoms with Gasteiger partial charge in [-0.1, -0.05) is 37.3 Å². The maximum atomic E-state index is 12.6. The van der Waals surface area contributed by atoms with E-state index in [1.54, 1.807) is 0 Å². The van der Waals surface area contributed by atoms with Crippen molar-refractivity contribution >= 4 is 28.9 Å². The van der Waals surface area contributed by atoms with Crippen molar-refractivity contribution in [1.29, 1.82) is 0 Å². The molecular weight excluding hydrogens is 376 g/mol. The summed E-state index contributed by atoms with van der Waals surface area (Å²) in [4.78, 5) is 29.6. The summed E-state index contributed by atoms with van der Waals surface area (Å²) in [7, 11) is 0. The maximum absolute atomic E-state index is 12.6. The molecule has 1 saturated heterocycles. The summed E-state index contributed by atoms with van der Waals surface area (Å²) in [5, 5.41) is 5.65. The van der Waals surface area contributed by atoms with Crippen LogP contribution in [0.15, 0.2) is 48.5 Å². The van der Waals surface area contributed by atoms with E-state index in [0.717, 1.165) is 43.9 Å². The summed E-state index contributed by atoms with van der Waals surface area (Å²) in [6, 6.07) is 16.2. The molecule has 0 bridgehead atoms. The zero-order chi connectivity index (χ0) is 20.9. The third-order valence-electron chi connectivity index (χ3n) is 6.16. The first-order valence-electron chi connectivity index (χ1n) is 10.9. The van der Waals surface area contributed by atoms with E-state index in [1.807, 2.05) is 36.4 Å². The number of nitrogens with zero attached hydrogens (tertiary/aromatic N) is 2. The summed E-state index contributed by atoms with van der Waals surface area (Å²) < 4.78 is 0. The molecule has 0 radical (unpaired) electrons. The van der Waals surface area contributed by atoms with Crippen molar-refractivity contribution < 1.29 is 9.59 Å². The largest absolute Gasteiger partial charge is 0.346 e. The highest BCUT2D eigenvalue weighted by Gasteiger charge is 2.25. The Labute approximate surface area is 178 Å². The minimum absolute atomic E-state index is 0.289. The van der Waals surface area contributed by atoms with E-state index in [4.69, 9.17) is 0 Å². The highest BCUT2D eigenvalue weighted by Crippen LogP contribution is 2.38. The lowest BCUT2D eigenvalue weighted by molar-refractivity contribution is -0.136. The molecule has 1 fully saturated rings. The van der Waals surface area contributed by atoms with Gasteiger partial charge in [-0.3, -0.25) is 14.5 Å². The van der Waals surface area contributed by atoms with E-state index < -0.39 is 11.8 Å². The smallest absolute Gasteiger partial charge is 0.313 e. The monoisotopic (exact) mass is 406 g/mol. The highest BCUT2D eigenvalue weighted by molar-refractivity contribution is 6.40. The van der Waals surface area contributed by atoms with E-state index >= 15 is 0 Å². The Balaban J connectivity index is 1.41. The summed E-state index contributed by atoms with van der Waals surface area (Å²) in [5.41, 5.74) is 4.01. The van der Waals surface area contributed by atoms with Gasteiger partial charge in [0.2, 0.25) is 0 Å². The standard InChI is InChI=1S/C24H30N4O2/c1-2-19(27-14-7-8-15-27)17-25-23(29)24(30)26-20-10-4-6-12-22(20)28-16-13-18-9-3-5-11-21(18)28/h3-6,9-12,19H,2,7-8,13-17H2,1H3,(H,25,29)(H,26,30)/t19-/m0/s1. The molecule has 4 rings (SSSR count). The fraction of sp³-hybridized carbons (Fsp3) is 0.417. The lowest BCUT2D eigenvalue weighted by Gasteiger charge is -2.26. The van der Waals surface area contributed by atoms with Crippen LogP contribution in [0.4, 0.5) is 17.1 Å². The average Bonchev–Trinajstić information content (AvgIpc) is 3.45. The molecule has 0 aliphatic carbocycles. The number of benzene rings is 2. The summed E-state index contributed by atoms with van der Waals surface area (Å²) in [6.45, 7) is 5.63. The van der Waals surface area contributed by atoms with Gasteiger partial charge in [0.25, 0.3) is 0 Å². The molecular formula is C24H30N4O2. The van der Waals surface area contributed by atoms with Gasteiger partial charge in [-0.25, -0.2) is 0 Å². The van der Waals surface area contributed by atoms with Gasteiger partial charge in [-0.05, 0) is 62.5 Å². The Morgan fingerprint density at radius 2 is 1.63 bits per heavy atom. The fourth-order valence-corrected chi connectivity index (χ4v) is 4.51. The van der Waals surface area contributed by atoms with Crippen molar-refractivity contribution in [3.05, 3.63) is 54.1 Å². The van der Waals surface area contributed by atoms with Crippen molar-refractivity contribution in [2.75, 3.05) is 36.4 Å². The van der Waals surface area contributed by atoms with Gasteiger partial charge >= 0.3 is 11.8 Å². The van der Waals surface area contributed by atoms with Gasteiger partial charge in [0.1, 0.15) is 0 Å². The summed E-state index contributed by atoms with van der Waals surface area (Å²) in [5.74, 6) is -1.20. The van der Waals surface area contributed by atoms with Crippen LogP contribution < -0.4 is 15.5 Å². The van der Waals surface area contributed by atoms with Crippen LogP contribution in [0.25, 0.3) is 0 Å². The number of carbonyl (C=O) groups excluding carboxylic acids is 2. The van der Waals surface area contributed by atoms with Crippen molar-refractivity contribution in [2.45, 2.75) is 38.6 Å². The number of fused-ring (bicyclic) bond motifs is 1. The second kappa shape index (κ2) is 9.30. The lowest BCUT2D eigenvalue weighted by Crippen LogP contribution is -2.45. The summed E-state index contributed by atoms with van der Waals surface area (Å²) >= 11 is 0. The van der Waals surface area contributed by atoms with Crippen molar-refractivity contribution in [2.24, 2.45) is 0 Å². The molecule has 2 aliphatic heterocycles. The second-order valence-electron chi connectivity index (χ2n) is 8.02. The topological polar surface area (TPSA) is 64.7 Å². The van der Waals surface area contributed by atoms with Crippen LogP contribution in [-0.2, 0) is 16.0 Å². The van der Waals surface area contributed by atoms with Crippen LogP contribution in [0.5, 0.6) is 0 Å². The first-order chi connectivity index (χ1) is 14.7. The molecule has 0 spiro atoms. The van der Waals surface area contributed by atoms with Crippen LogP contribution in [-0.4, -0.2) is 48.9 Å². The molecule has 1 atom stereocenters. The predicted molar refractivity (Wildman–Crippen MR) is 120 cm³/mol. The molecule has 2 aromatic rings. The zero-order valence-corrected chi connectivity index (χ0v) is 17.6. The van der Waals surface area contributed by atoms with Gasteiger partial charge in [-0.15, -0.1) is 0 Å². The fourth-order valence-electron chi connectivity index (χ4n) is 4.51. The molecule has 2 amide bonds.